The molecule has 152 valence electrons. The Balaban J connectivity index is 1.80. The molecule has 0 aliphatic heterocycles. The molecule has 0 unspecified atom stereocenters. The standard InChI is InChI=1S/C28H16O4/c29-25(17-9-3-1-4-10-17)21-15-16-22-24(23(21)26(30)18-11-5-2-6-12-18)28(32)20-14-8-7-13-19(20)27(22)31/h1-16H. The van der Waals surface area contributed by atoms with E-state index in [2.05, 4.69) is 0 Å². The van der Waals surface area contributed by atoms with Crippen molar-refractivity contribution >= 4 is 23.1 Å². The second-order valence-electron chi connectivity index (χ2n) is 7.50. The van der Waals surface area contributed by atoms with E-state index >= 15 is 0 Å². The lowest BCUT2D eigenvalue weighted by Crippen LogP contribution is -2.26. The monoisotopic (exact) mass is 416 g/mol. The maximum atomic E-state index is 13.6. The summed E-state index contributed by atoms with van der Waals surface area (Å²) < 4.78 is 0. The van der Waals surface area contributed by atoms with Crippen molar-refractivity contribution in [3.63, 3.8) is 0 Å². The molecule has 0 heterocycles. The van der Waals surface area contributed by atoms with Crippen LogP contribution < -0.4 is 0 Å². The van der Waals surface area contributed by atoms with Gasteiger partial charge in [0.1, 0.15) is 0 Å². The number of hydrogen-bond acceptors (Lipinski definition) is 4. The van der Waals surface area contributed by atoms with Crippen molar-refractivity contribution in [2.45, 2.75) is 0 Å². The number of fused-ring (bicyclic) bond motifs is 2. The highest BCUT2D eigenvalue weighted by atomic mass is 16.1. The van der Waals surface area contributed by atoms with Crippen molar-refractivity contribution in [1.82, 2.24) is 0 Å². The molecule has 32 heavy (non-hydrogen) atoms. The van der Waals surface area contributed by atoms with Crippen molar-refractivity contribution < 1.29 is 19.2 Å². The van der Waals surface area contributed by atoms with Crippen LogP contribution in [0, 0.1) is 0 Å². The molecular weight excluding hydrogens is 400 g/mol. The average molecular weight is 416 g/mol. The molecular formula is C28H16O4. The zero-order valence-electron chi connectivity index (χ0n) is 16.9. The lowest BCUT2D eigenvalue weighted by Gasteiger charge is -2.21. The Labute approximate surface area is 184 Å². The molecule has 0 saturated carbocycles. The van der Waals surface area contributed by atoms with Gasteiger partial charge in [0.05, 0.1) is 0 Å². The Morgan fingerprint density at radius 2 is 0.969 bits per heavy atom. The zero-order chi connectivity index (χ0) is 22.2. The highest BCUT2D eigenvalue weighted by molar-refractivity contribution is 6.33. The number of benzene rings is 4. The Kier molecular flexibility index (Phi) is 4.68. The van der Waals surface area contributed by atoms with Crippen molar-refractivity contribution in [2.75, 3.05) is 0 Å². The second-order valence-corrected chi connectivity index (χ2v) is 7.50. The summed E-state index contributed by atoms with van der Waals surface area (Å²) in [6.07, 6.45) is 0. The van der Waals surface area contributed by atoms with Crippen molar-refractivity contribution in [3.05, 3.63) is 142 Å². The second kappa shape index (κ2) is 7.67. The van der Waals surface area contributed by atoms with E-state index in [1.807, 2.05) is 0 Å². The summed E-state index contributed by atoms with van der Waals surface area (Å²) in [5.41, 5.74) is 1.45. The van der Waals surface area contributed by atoms with Crippen molar-refractivity contribution in [1.29, 1.82) is 0 Å². The maximum absolute atomic E-state index is 13.6. The molecule has 1 aliphatic carbocycles. The summed E-state index contributed by atoms with van der Waals surface area (Å²) in [6, 6.07) is 26.5. The van der Waals surface area contributed by atoms with Gasteiger partial charge in [-0.2, -0.15) is 0 Å². The Bertz CT molecular complexity index is 1420. The van der Waals surface area contributed by atoms with Crippen LogP contribution in [0.25, 0.3) is 0 Å². The van der Waals surface area contributed by atoms with Crippen LogP contribution in [-0.4, -0.2) is 23.1 Å². The molecule has 4 heteroatoms. The quantitative estimate of drug-likeness (QED) is 0.390. The van der Waals surface area contributed by atoms with Gasteiger partial charge in [-0.05, 0) is 12.1 Å². The average Bonchev–Trinajstić information content (AvgIpc) is 2.86. The molecule has 0 saturated heterocycles. The van der Waals surface area contributed by atoms with E-state index < -0.39 is 11.6 Å². The molecule has 4 aromatic rings. The maximum Gasteiger partial charge on any atom is 0.195 e. The predicted octanol–water partition coefficient (Wildman–Crippen LogP) is 4.92. The fourth-order valence-electron chi connectivity index (χ4n) is 4.09. The van der Waals surface area contributed by atoms with Gasteiger partial charge < -0.3 is 0 Å². The lowest BCUT2D eigenvalue weighted by molar-refractivity contribution is 0.0966. The van der Waals surface area contributed by atoms with E-state index in [1.165, 1.54) is 12.1 Å². The van der Waals surface area contributed by atoms with Crippen LogP contribution in [0.4, 0.5) is 0 Å². The minimum Gasteiger partial charge on any atom is -0.289 e. The molecule has 0 aromatic heterocycles. The molecule has 0 spiro atoms. The van der Waals surface area contributed by atoms with Gasteiger partial charge in [-0.1, -0.05) is 84.9 Å². The highest BCUT2D eigenvalue weighted by Crippen LogP contribution is 2.33. The predicted molar refractivity (Wildman–Crippen MR) is 119 cm³/mol. The van der Waals surface area contributed by atoms with Crippen molar-refractivity contribution in [3.8, 4) is 0 Å². The zero-order valence-corrected chi connectivity index (χ0v) is 16.9. The van der Waals surface area contributed by atoms with Gasteiger partial charge in [0, 0.05) is 44.5 Å². The van der Waals surface area contributed by atoms with Crippen LogP contribution in [0.3, 0.4) is 0 Å². The van der Waals surface area contributed by atoms with Gasteiger partial charge in [0.2, 0.25) is 0 Å². The Hall–Kier alpha value is -4.44. The van der Waals surface area contributed by atoms with Gasteiger partial charge in [-0.25, -0.2) is 0 Å². The fraction of sp³-hybridized carbons (Fsp3) is 0. The molecule has 0 atom stereocenters. The minimum absolute atomic E-state index is 0.00988. The van der Waals surface area contributed by atoms with Crippen LogP contribution >= 0.6 is 0 Å². The molecule has 0 fully saturated rings. The van der Waals surface area contributed by atoms with E-state index in [9.17, 15) is 19.2 Å². The molecule has 4 aromatic carbocycles. The number of rotatable bonds is 4. The Morgan fingerprint density at radius 1 is 0.469 bits per heavy atom. The molecule has 5 rings (SSSR count). The summed E-state index contributed by atoms with van der Waals surface area (Å²) in [5, 5.41) is 0. The van der Waals surface area contributed by atoms with E-state index in [1.54, 1.807) is 84.9 Å². The van der Waals surface area contributed by atoms with Crippen LogP contribution in [0.5, 0.6) is 0 Å². The third-order valence-corrected chi connectivity index (χ3v) is 5.64. The summed E-state index contributed by atoms with van der Waals surface area (Å²) in [6.45, 7) is 0. The van der Waals surface area contributed by atoms with E-state index in [4.69, 9.17) is 0 Å². The van der Waals surface area contributed by atoms with Crippen LogP contribution in [0.2, 0.25) is 0 Å². The SMILES string of the molecule is O=C(c1ccccc1)c1ccc2c(c1C(=O)c1ccccc1)C(=O)c1ccccc1C2=O. The largest absolute Gasteiger partial charge is 0.289 e. The molecule has 0 bridgehead atoms. The topological polar surface area (TPSA) is 68.3 Å². The number of hydrogen-bond donors (Lipinski definition) is 0. The summed E-state index contributed by atoms with van der Waals surface area (Å²) in [5.74, 6) is -1.62. The first-order valence-electron chi connectivity index (χ1n) is 10.1. The number of carbonyl (C=O) groups excluding carboxylic acids is 4. The van der Waals surface area contributed by atoms with Gasteiger partial charge in [-0.3, -0.25) is 19.2 Å². The molecule has 0 N–H and O–H groups in total. The Morgan fingerprint density at radius 3 is 1.56 bits per heavy atom. The highest BCUT2D eigenvalue weighted by Gasteiger charge is 2.36. The van der Waals surface area contributed by atoms with Crippen LogP contribution in [0.1, 0.15) is 63.7 Å². The number of ketones is 4. The van der Waals surface area contributed by atoms with E-state index in [0.29, 0.717) is 16.7 Å². The molecule has 1 aliphatic rings. The van der Waals surface area contributed by atoms with Crippen molar-refractivity contribution in [2.24, 2.45) is 0 Å². The van der Waals surface area contributed by atoms with Gasteiger partial charge in [0.25, 0.3) is 0 Å². The summed E-state index contributed by atoms with van der Waals surface area (Å²) in [7, 11) is 0. The summed E-state index contributed by atoms with van der Waals surface area (Å²) >= 11 is 0. The smallest absolute Gasteiger partial charge is 0.195 e. The molecule has 4 nitrogen and oxygen atoms in total. The van der Waals surface area contributed by atoms with Gasteiger partial charge in [-0.15, -0.1) is 0 Å². The third-order valence-electron chi connectivity index (χ3n) is 5.64. The minimum atomic E-state index is -0.470. The normalized spacial score (nSPS) is 12.1. The first-order chi connectivity index (χ1) is 15.6. The van der Waals surface area contributed by atoms with E-state index in [0.717, 1.165) is 0 Å². The van der Waals surface area contributed by atoms with Gasteiger partial charge in [0.15, 0.2) is 23.1 Å². The first kappa shape index (κ1) is 19.5. The third kappa shape index (κ3) is 3.01. The lowest BCUT2D eigenvalue weighted by atomic mass is 9.78. The fourth-order valence-corrected chi connectivity index (χ4v) is 4.09. The van der Waals surface area contributed by atoms with Gasteiger partial charge >= 0.3 is 0 Å². The van der Waals surface area contributed by atoms with E-state index in [-0.39, 0.29) is 39.4 Å². The molecule has 0 radical (unpaired) electrons. The summed E-state index contributed by atoms with van der Waals surface area (Å²) in [4.78, 5) is 53.7. The molecule has 0 amide bonds. The van der Waals surface area contributed by atoms with Crippen LogP contribution in [-0.2, 0) is 0 Å². The van der Waals surface area contributed by atoms with Crippen LogP contribution in [0.15, 0.2) is 97.1 Å². The first-order valence-corrected chi connectivity index (χ1v) is 10.1. The number of carbonyl (C=O) groups is 4.